The first-order chi connectivity index (χ1) is 20.3. The minimum atomic E-state index is -0.721. The Kier molecular flexibility index (Phi) is 5.64. The molecule has 2 aromatic heterocycles. The van der Waals surface area contributed by atoms with Crippen molar-refractivity contribution in [2.75, 3.05) is 18.0 Å². The Morgan fingerprint density at radius 2 is 1.48 bits per heavy atom. The van der Waals surface area contributed by atoms with Gasteiger partial charge in [0.2, 0.25) is 5.88 Å². The maximum absolute atomic E-state index is 12.9. The second-order valence-corrected chi connectivity index (χ2v) is 13.0. The van der Waals surface area contributed by atoms with Crippen LogP contribution < -0.4 is 21.8 Å². The number of aliphatic imine (C=N–C) groups is 1. The molecule has 5 fully saturated rings. The zero-order chi connectivity index (χ0) is 28.6. The highest BCUT2D eigenvalue weighted by Crippen LogP contribution is 2.60. The number of H-pyrrole nitrogens is 3. The molecule has 0 radical (unpaired) electrons. The van der Waals surface area contributed by atoms with E-state index in [1.54, 1.807) is 6.07 Å². The van der Waals surface area contributed by atoms with Gasteiger partial charge in [-0.15, -0.1) is 0 Å². The number of nitrogens with one attached hydrogen (secondary N) is 3. The van der Waals surface area contributed by atoms with Gasteiger partial charge in [0, 0.05) is 19.3 Å². The van der Waals surface area contributed by atoms with Crippen molar-refractivity contribution in [1.82, 2.24) is 19.5 Å². The summed E-state index contributed by atoms with van der Waals surface area (Å²) in [4.78, 5) is 52.4. The van der Waals surface area contributed by atoms with E-state index < -0.39 is 17.1 Å². The number of aromatic hydroxyl groups is 1. The van der Waals surface area contributed by atoms with Crippen LogP contribution in [0, 0.1) is 17.8 Å². The van der Waals surface area contributed by atoms with Crippen LogP contribution in [0.25, 0.3) is 16.7 Å². The highest BCUT2D eigenvalue weighted by molar-refractivity contribution is 5.91. The summed E-state index contributed by atoms with van der Waals surface area (Å²) in [6, 6.07) is 11.6. The summed E-state index contributed by atoms with van der Waals surface area (Å²) in [5.74, 6) is 2.02. The Bertz CT molecular complexity index is 1870. The Balaban J connectivity index is 1.15. The molecule has 42 heavy (non-hydrogen) atoms. The molecular weight excluding hydrogens is 532 g/mol. The van der Waals surface area contributed by atoms with Crippen molar-refractivity contribution in [3.63, 3.8) is 0 Å². The highest BCUT2D eigenvalue weighted by Gasteiger charge is 2.51. The molecule has 5 aliphatic rings. The molecule has 0 amide bonds. The number of hydrogen-bond acceptors (Lipinski definition) is 6. The van der Waals surface area contributed by atoms with Gasteiger partial charge in [0.15, 0.2) is 0 Å². The first-order valence-corrected chi connectivity index (χ1v) is 15.1. The fourth-order valence-corrected chi connectivity index (χ4v) is 8.83. The van der Waals surface area contributed by atoms with Crippen molar-refractivity contribution >= 4 is 28.6 Å². The smallest absolute Gasteiger partial charge is 0.335 e. The number of hydrogen-bond donors (Lipinski definition) is 4. The van der Waals surface area contributed by atoms with Gasteiger partial charge >= 0.3 is 11.4 Å². The van der Waals surface area contributed by atoms with Crippen molar-refractivity contribution in [3.8, 4) is 11.6 Å². The maximum atomic E-state index is 12.9. The minimum absolute atomic E-state index is 0.116. The van der Waals surface area contributed by atoms with Crippen LogP contribution in [-0.2, 0) is 5.41 Å². The summed E-state index contributed by atoms with van der Waals surface area (Å²) in [6.45, 7) is 1.72. The fraction of sp³-hybridized carbons (Fsp3) is 0.438. The summed E-state index contributed by atoms with van der Waals surface area (Å²) in [5.41, 5.74) is 2.82. The van der Waals surface area contributed by atoms with E-state index in [4.69, 9.17) is 0 Å². The molecule has 0 atom stereocenters. The van der Waals surface area contributed by atoms with Crippen molar-refractivity contribution < 1.29 is 5.11 Å². The second kappa shape index (κ2) is 9.34. The molecule has 4 bridgehead atoms. The quantitative estimate of drug-likeness (QED) is 0.268. The van der Waals surface area contributed by atoms with E-state index in [1.807, 2.05) is 18.2 Å². The molecule has 2 aromatic carbocycles. The largest absolute Gasteiger partial charge is 0.493 e. The number of nitrogens with zero attached hydrogens (tertiary/aromatic N) is 3. The Morgan fingerprint density at radius 1 is 0.857 bits per heavy atom. The van der Waals surface area contributed by atoms with Crippen molar-refractivity contribution in [3.05, 3.63) is 78.8 Å². The molecule has 1 aliphatic heterocycles. The van der Waals surface area contributed by atoms with Gasteiger partial charge < -0.3 is 20.0 Å². The zero-order valence-electron chi connectivity index (χ0n) is 23.4. The van der Waals surface area contributed by atoms with E-state index in [1.165, 1.54) is 50.3 Å². The summed E-state index contributed by atoms with van der Waals surface area (Å²) >= 11 is 0. The normalized spacial score (nSPS) is 26.7. The number of imidazole rings is 1. The van der Waals surface area contributed by atoms with Crippen LogP contribution in [0.2, 0.25) is 0 Å². The number of aromatic amines is 3. The zero-order valence-corrected chi connectivity index (χ0v) is 23.4. The first kappa shape index (κ1) is 25.4. The molecule has 10 heteroatoms. The van der Waals surface area contributed by atoms with Gasteiger partial charge in [-0.2, -0.15) is 0 Å². The summed E-state index contributed by atoms with van der Waals surface area (Å²) < 4.78 is 1.13. The maximum Gasteiger partial charge on any atom is 0.335 e. The molecule has 10 nitrogen and oxygen atoms in total. The molecule has 0 unspecified atom stereocenters. The third kappa shape index (κ3) is 4.06. The Hall–Kier alpha value is -4.34. The number of benzene rings is 2. The summed E-state index contributed by atoms with van der Waals surface area (Å²) in [7, 11) is 0. The van der Waals surface area contributed by atoms with E-state index >= 15 is 0 Å². The van der Waals surface area contributed by atoms with Gasteiger partial charge in [-0.05, 0) is 104 Å². The van der Waals surface area contributed by atoms with E-state index in [0.717, 1.165) is 53.9 Å². The lowest BCUT2D eigenvalue weighted by atomic mass is 9.48. The van der Waals surface area contributed by atoms with Crippen molar-refractivity contribution in [1.29, 1.82) is 0 Å². The molecule has 9 rings (SSSR count). The Labute approximate surface area is 241 Å². The highest BCUT2D eigenvalue weighted by atomic mass is 16.3. The van der Waals surface area contributed by atoms with Crippen LogP contribution in [0.4, 0.5) is 11.4 Å². The van der Waals surface area contributed by atoms with Crippen LogP contribution in [0.3, 0.4) is 0 Å². The van der Waals surface area contributed by atoms with Gasteiger partial charge in [0.1, 0.15) is 5.56 Å². The summed E-state index contributed by atoms with van der Waals surface area (Å²) in [5, 5.41) is 11.2. The number of rotatable bonds is 5. The van der Waals surface area contributed by atoms with Gasteiger partial charge in [-0.3, -0.25) is 14.8 Å². The van der Waals surface area contributed by atoms with Crippen LogP contribution in [0.15, 0.2) is 55.8 Å². The lowest BCUT2D eigenvalue weighted by Gasteiger charge is -2.57. The van der Waals surface area contributed by atoms with Gasteiger partial charge in [-0.25, -0.2) is 14.2 Å². The van der Waals surface area contributed by atoms with Crippen molar-refractivity contribution in [2.45, 2.75) is 56.8 Å². The molecule has 216 valence electrons. The molecule has 4 N–H and O–H groups in total. The standard InChI is InChI=1S/C32H34N6O4/c39-28-23(17-33-26-12-24-25(35-30(41)34-24)13-27(26)37-7-1-2-8-37)29(40)38(31(42)36-28)22-5-3-21(4-6-22)32-14-18-9-19(15-32)11-20(10-18)16-32/h3-6,12-13,17-20,40H,1-2,7-11,14-16H2,(H2,34,35,41)(H,36,39,42). The topological polar surface area (TPSA) is 139 Å². The molecule has 1 saturated heterocycles. The van der Waals surface area contributed by atoms with E-state index in [9.17, 15) is 19.5 Å². The van der Waals surface area contributed by atoms with Crippen LogP contribution in [-0.4, -0.2) is 43.9 Å². The fourth-order valence-electron chi connectivity index (χ4n) is 8.83. The molecule has 4 aromatic rings. The molecule has 3 heterocycles. The molecular formula is C32H34N6O4. The third-order valence-corrected chi connectivity index (χ3v) is 10.3. The minimum Gasteiger partial charge on any atom is -0.493 e. The lowest BCUT2D eigenvalue weighted by Crippen LogP contribution is -2.48. The van der Waals surface area contributed by atoms with Gasteiger partial charge in [0.05, 0.1) is 28.1 Å². The average molecular weight is 567 g/mol. The first-order valence-electron chi connectivity index (χ1n) is 15.1. The van der Waals surface area contributed by atoms with E-state index in [-0.39, 0.29) is 16.7 Å². The second-order valence-electron chi connectivity index (χ2n) is 13.0. The van der Waals surface area contributed by atoms with E-state index in [2.05, 4.69) is 37.0 Å². The summed E-state index contributed by atoms with van der Waals surface area (Å²) in [6.07, 6.45) is 11.2. The lowest BCUT2D eigenvalue weighted by molar-refractivity contribution is -0.00518. The van der Waals surface area contributed by atoms with Crippen LogP contribution in [0.1, 0.15) is 62.5 Å². The Morgan fingerprint density at radius 3 is 2.12 bits per heavy atom. The van der Waals surface area contributed by atoms with E-state index in [0.29, 0.717) is 22.4 Å². The predicted molar refractivity (Wildman–Crippen MR) is 162 cm³/mol. The van der Waals surface area contributed by atoms with Gasteiger partial charge in [0.25, 0.3) is 5.56 Å². The average Bonchev–Trinajstić information content (AvgIpc) is 3.61. The van der Waals surface area contributed by atoms with Gasteiger partial charge in [-0.1, -0.05) is 12.1 Å². The SMILES string of the molecule is O=c1[nH]c2cc(N=Cc3c(O)n(-c4ccc(C56CC7CC(CC(C7)C5)C6)cc4)c(=O)[nH]c3=O)c(N3CCCC3)cc2[nH]1. The van der Waals surface area contributed by atoms with Crippen LogP contribution >= 0.6 is 0 Å². The monoisotopic (exact) mass is 566 g/mol. The third-order valence-electron chi connectivity index (χ3n) is 10.3. The van der Waals surface area contributed by atoms with Crippen LogP contribution in [0.5, 0.6) is 5.88 Å². The van der Waals surface area contributed by atoms with Crippen molar-refractivity contribution in [2.24, 2.45) is 22.7 Å². The molecule has 4 saturated carbocycles. The molecule has 4 aliphatic carbocycles. The number of aromatic nitrogens is 4. The number of fused-ring (bicyclic) bond motifs is 1. The molecule has 0 spiro atoms. The number of anilines is 1. The predicted octanol–water partition coefficient (Wildman–Crippen LogP) is 4.22.